The van der Waals surface area contributed by atoms with Gasteiger partial charge in [-0.2, -0.15) is 0 Å². The first-order valence-corrected chi connectivity index (χ1v) is 8.50. The molecule has 0 radical (unpaired) electrons. The van der Waals surface area contributed by atoms with E-state index in [0.29, 0.717) is 0 Å². The van der Waals surface area contributed by atoms with Crippen molar-refractivity contribution in [3.63, 3.8) is 0 Å². The molecule has 1 heterocycles. The lowest BCUT2D eigenvalue weighted by Gasteiger charge is -2.31. The van der Waals surface area contributed by atoms with Gasteiger partial charge in [-0.15, -0.1) is 11.3 Å². The fourth-order valence-electron chi connectivity index (χ4n) is 4.14. The fraction of sp³-hybridized carbons (Fsp3) is 0.750. The first kappa shape index (κ1) is 12.7. The minimum absolute atomic E-state index is 0.735. The molecule has 1 nitrogen and oxygen atoms in total. The molecule has 2 fully saturated rings. The van der Waals surface area contributed by atoms with Crippen molar-refractivity contribution in [3.8, 4) is 0 Å². The lowest BCUT2D eigenvalue weighted by Crippen LogP contribution is -2.40. The van der Waals surface area contributed by atoms with Crippen molar-refractivity contribution in [2.75, 3.05) is 6.54 Å². The number of fused-ring (bicyclic) bond motifs is 2. The molecule has 1 aromatic heterocycles. The molecular weight excluding hydrogens is 238 g/mol. The summed E-state index contributed by atoms with van der Waals surface area (Å²) >= 11 is 1.92. The summed E-state index contributed by atoms with van der Waals surface area (Å²) in [5.74, 6) is 3.05. The van der Waals surface area contributed by atoms with Crippen molar-refractivity contribution in [2.24, 2.45) is 17.8 Å². The van der Waals surface area contributed by atoms with Gasteiger partial charge >= 0.3 is 0 Å². The number of rotatable bonds is 6. The van der Waals surface area contributed by atoms with Crippen LogP contribution < -0.4 is 5.32 Å². The molecule has 18 heavy (non-hydrogen) atoms. The summed E-state index contributed by atoms with van der Waals surface area (Å²) in [5, 5.41) is 6.06. The standard InChI is InChI=1S/C16H25NS/c1-2-7-17-16(11-14-4-3-8-18-14)15-10-12-5-6-13(15)9-12/h3-4,8,12-13,15-17H,2,5-7,9-11H2,1H3. The van der Waals surface area contributed by atoms with Crippen molar-refractivity contribution in [1.82, 2.24) is 5.32 Å². The van der Waals surface area contributed by atoms with E-state index in [1.54, 1.807) is 4.88 Å². The summed E-state index contributed by atoms with van der Waals surface area (Å²) < 4.78 is 0. The zero-order valence-electron chi connectivity index (χ0n) is 11.4. The highest BCUT2D eigenvalue weighted by atomic mass is 32.1. The highest BCUT2D eigenvalue weighted by molar-refractivity contribution is 7.09. The average Bonchev–Trinajstić information content (AvgIpc) is 3.10. The second-order valence-corrected chi connectivity index (χ2v) is 7.22. The number of hydrogen-bond acceptors (Lipinski definition) is 2. The van der Waals surface area contributed by atoms with Gasteiger partial charge in [0.1, 0.15) is 0 Å². The molecule has 3 rings (SSSR count). The molecule has 2 aliphatic carbocycles. The zero-order chi connectivity index (χ0) is 12.4. The molecule has 4 unspecified atom stereocenters. The molecular formula is C16H25NS. The van der Waals surface area contributed by atoms with Crippen LogP contribution >= 0.6 is 11.3 Å². The first-order chi connectivity index (χ1) is 8.86. The van der Waals surface area contributed by atoms with E-state index in [2.05, 4.69) is 29.8 Å². The SMILES string of the molecule is CCCNC(Cc1cccs1)C1CC2CCC1C2. The van der Waals surface area contributed by atoms with Gasteiger partial charge in [-0.05, 0) is 67.8 Å². The summed E-state index contributed by atoms with van der Waals surface area (Å²) in [6.07, 6.45) is 8.55. The van der Waals surface area contributed by atoms with E-state index in [0.717, 1.165) is 23.8 Å². The molecule has 2 saturated carbocycles. The first-order valence-electron chi connectivity index (χ1n) is 7.62. The summed E-state index contributed by atoms with van der Waals surface area (Å²) in [4.78, 5) is 1.56. The second kappa shape index (κ2) is 5.75. The maximum Gasteiger partial charge on any atom is 0.0146 e. The van der Waals surface area contributed by atoms with Crippen LogP contribution in [0.3, 0.4) is 0 Å². The van der Waals surface area contributed by atoms with Gasteiger partial charge < -0.3 is 5.32 Å². The molecule has 2 heteroatoms. The highest BCUT2D eigenvalue weighted by Gasteiger charge is 2.42. The quantitative estimate of drug-likeness (QED) is 0.815. The molecule has 1 N–H and O–H groups in total. The molecule has 2 bridgehead atoms. The van der Waals surface area contributed by atoms with Crippen LogP contribution in [0.25, 0.3) is 0 Å². The normalized spacial score (nSPS) is 31.9. The van der Waals surface area contributed by atoms with Crippen LogP contribution in [0.15, 0.2) is 17.5 Å². The van der Waals surface area contributed by atoms with Crippen molar-refractivity contribution in [2.45, 2.75) is 51.5 Å². The Labute approximate surface area is 115 Å². The Balaban J connectivity index is 1.65. The van der Waals surface area contributed by atoms with Crippen LogP contribution in [0, 0.1) is 17.8 Å². The molecule has 2 aliphatic rings. The Morgan fingerprint density at radius 3 is 2.94 bits per heavy atom. The molecule has 4 atom stereocenters. The van der Waals surface area contributed by atoms with Gasteiger partial charge in [0.15, 0.2) is 0 Å². The molecule has 0 saturated heterocycles. The van der Waals surface area contributed by atoms with Crippen LogP contribution in [0.4, 0.5) is 0 Å². The van der Waals surface area contributed by atoms with Gasteiger partial charge in [-0.3, -0.25) is 0 Å². The van der Waals surface area contributed by atoms with Gasteiger partial charge in [0.05, 0.1) is 0 Å². The van der Waals surface area contributed by atoms with E-state index >= 15 is 0 Å². The van der Waals surface area contributed by atoms with E-state index in [1.807, 2.05) is 11.3 Å². The van der Waals surface area contributed by atoms with E-state index in [9.17, 15) is 0 Å². The predicted molar refractivity (Wildman–Crippen MR) is 79.0 cm³/mol. The Morgan fingerprint density at radius 1 is 1.39 bits per heavy atom. The molecule has 1 aromatic rings. The van der Waals surface area contributed by atoms with Crippen LogP contribution in [0.2, 0.25) is 0 Å². The van der Waals surface area contributed by atoms with E-state index in [4.69, 9.17) is 0 Å². The Hall–Kier alpha value is -0.340. The predicted octanol–water partition coefficient (Wildman–Crippen LogP) is 4.10. The zero-order valence-corrected chi connectivity index (χ0v) is 12.2. The summed E-state index contributed by atoms with van der Waals surface area (Å²) in [5.41, 5.74) is 0. The number of hydrogen-bond donors (Lipinski definition) is 1. The summed E-state index contributed by atoms with van der Waals surface area (Å²) in [6, 6.07) is 5.23. The van der Waals surface area contributed by atoms with Crippen LogP contribution in [0.5, 0.6) is 0 Å². The Morgan fingerprint density at radius 2 is 2.33 bits per heavy atom. The van der Waals surface area contributed by atoms with Crippen LogP contribution in [-0.4, -0.2) is 12.6 Å². The van der Waals surface area contributed by atoms with Gasteiger partial charge in [-0.25, -0.2) is 0 Å². The second-order valence-electron chi connectivity index (χ2n) is 6.18. The fourth-order valence-corrected chi connectivity index (χ4v) is 4.90. The van der Waals surface area contributed by atoms with Gasteiger partial charge in [0.25, 0.3) is 0 Å². The molecule has 0 aliphatic heterocycles. The molecule has 0 amide bonds. The highest BCUT2D eigenvalue weighted by Crippen LogP contribution is 2.50. The largest absolute Gasteiger partial charge is 0.313 e. The maximum atomic E-state index is 3.84. The third kappa shape index (κ3) is 2.65. The van der Waals surface area contributed by atoms with Crippen molar-refractivity contribution in [3.05, 3.63) is 22.4 Å². The van der Waals surface area contributed by atoms with Gasteiger partial charge in [0.2, 0.25) is 0 Å². The van der Waals surface area contributed by atoms with E-state index in [1.165, 1.54) is 45.1 Å². The summed E-state index contributed by atoms with van der Waals surface area (Å²) in [7, 11) is 0. The monoisotopic (exact) mass is 263 g/mol. The third-order valence-electron chi connectivity index (χ3n) is 4.97. The van der Waals surface area contributed by atoms with Gasteiger partial charge in [-0.1, -0.05) is 19.4 Å². The van der Waals surface area contributed by atoms with E-state index < -0.39 is 0 Å². The minimum Gasteiger partial charge on any atom is -0.313 e. The van der Waals surface area contributed by atoms with E-state index in [-0.39, 0.29) is 0 Å². The lowest BCUT2D eigenvalue weighted by molar-refractivity contribution is 0.247. The third-order valence-corrected chi connectivity index (χ3v) is 5.87. The number of nitrogens with one attached hydrogen (secondary N) is 1. The smallest absolute Gasteiger partial charge is 0.0146 e. The molecule has 0 aromatic carbocycles. The molecule has 0 spiro atoms. The average molecular weight is 263 g/mol. The van der Waals surface area contributed by atoms with Crippen LogP contribution in [0.1, 0.15) is 43.9 Å². The van der Waals surface area contributed by atoms with Crippen molar-refractivity contribution < 1.29 is 0 Å². The minimum atomic E-state index is 0.735. The van der Waals surface area contributed by atoms with Gasteiger partial charge in [0, 0.05) is 10.9 Å². The molecule has 100 valence electrons. The van der Waals surface area contributed by atoms with Crippen LogP contribution in [-0.2, 0) is 6.42 Å². The Kier molecular flexibility index (Phi) is 4.05. The topological polar surface area (TPSA) is 12.0 Å². The number of thiophene rings is 1. The lowest BCUT2D eigenvalue weighted by atomic mass is 9.81. The van der Waals surface area contributed by atoms with Crippen molar-refractivity contribution >= 4 is 11.3 Å². The Bertz CT molecular complexity index is 359. The maximum absolute atomic E-state index is 3.84. The summed E-state index contributed by atoms with van der Waals surface area (Å²) in [6.45, 7) is 3.46. The van der Waals surface area contributed by atoms with Crippen molar-refractivity contribution in [1.29, 1.82) is 0 Å².